The summed E-state index contributed by atoms with van der Waals surface area (Å²) < 4.78 is 0. The Morgan fingerprint density at radius 3 is 2.67 bits per heavy atom. The SMILES string of the molecule is Nc1c(Cl)cccc1C(=O)Nc1ccc(Cl)cn1. The molecule has 1 amide bonds. The van der Waals surface area contributed by atoms with Gasteiger partial charge in [-0.05, 0) is 24.3 Å². The fourth-order valence-electron chi connectivity index (χ4n) is 1.37. The third-order valence-corrected chi connectivity index (χ3v) is 2.82. The molecule has 1 aromatic heterocycles. The van der Waals surface area contributed by atoms with Crippen LogP contribution in [0.4, 0.5) is 11.5 Å². The summed E-state index contributed by atoms with van der Waals surface area (Å²) >= 11 is 11.5. The van der Waals surface area contributed by atoms with Gasteiger partial charge in [-0.1, -0.05) is 29.3 Å². The molecule has 0 aliphatic carbocycles. The van der Waals surface area contributed by atoms with Crippen molar-refractivity contribution in [1.29, 1.82) is 0 Å². The van der Waals surface area contributed by atoms with Crippen LogP contribution in [0.3, 0.4) is 0 Å². The maximum Gasteiger partial charge on any atom is 0.258 e. The Labute approximate surface area is 114 Å². The second kappa shape index (κ2) is 5.25. The molecule has 0 saturated carbocycles. The third kappa shape index (κ3) is 2.72. The molecule has 0 aliphatic heterocycles. The molecule has 0 radical (unpaired) electrons. The van der Waals surface area contributed by atoms with Crippen LogP contribution in [0.5, 0.6) is 0 Å². The Morgan fingerprint density at radius 2 is 2.00 bits per heavy atom. The molecule has 0 saturated heterocycles. The number of nitrogen functional groups attached to an aromatic ring is 1. The number of aromatic nitrogens is 1. The Kier molecular flexibility index (Phi) is 3.69. The Balaban J connectivity index is 2.22. The first kappa shape index (κ1) is 12.7. The number of para-hydroxylation sites is 1. The van der Waals surface area contributed by atoms with Gasteiger partial charge in [-0.25, -0.2) is 4.98 Å². The normalized spacial score (nSPS) is 10.1. The van der Waals surface area contributed by atoms with Crippen molar-refractivity contribution in [3.8, 4) is 0 Å². The van der Waals surface area contributed by atoms with Crippen molar-refractivity contribution in [1.82, 2.24) is 4.98 Å². The Bertz CT molecular complexity index is 584. The number of hydrogen-bond acceptors (Lipinski definition) is 3. The van der Waals surface area contributed by atoms with E-state index < -0.39 is 0 Å². The van der Waals surface area contributed by atoms with Crippen molar-refractivity contribution >= 4 is 40.6 Å². The van der Waals surface area contributed by atoms with E-state index in [1.54, 1.807) is 30.3 Å². The zero-order valence-corrected chi connectivity index (χ0v) is 10.7. The zero-order valence-electron chi connectivity index (χ0n) is 9.15. The highest BCUT2D eigenvalue weighted by Gasteiger charge is 2.12. The lowest BCUT2D eigenvalue weighted by molar-refractivity contribution is 0.102. The molecule has 3 N–H and O–H groups in total. The summed E-state index contributed by atoms with van der Waals surface area (Å²) in [4.78, 5) is 15.9. The number of hydrogen-bond donors (Lipinski definition) is 2. The topological polar surface area (TPSA) is 68.0 Å². The molecule has 1 aromatic carbocycles. The molecule has 0 atom stereocenters. The highest BCUT2D eigenvalue weighted by atomic mass is 35.5. The average molecular weight is 282 g/mol. The van der Waals surface area contributed by atoms with Gasteiger partial charge in [-0.15, -0.1) is 0 Å². The lowest BCUT2D eigenvalue weighted by atomic mass is 10.1. The van der Waals surface area contributed by atoms with E-state index in [9.17, 15) is 4.79 Å². The van der Waals surface area contributed by atoms with Gasteiger partial charge in [0.05, 0.1) is 21.3 Å². The highest BCUT2D eigenvalue weighted by Crippen LogP contribution is 2.23. The van der Waals surface area contributed by atoms with E-state index in [0.29, 0.717) is 21.4 Å². The van der Waals surface area contributed by atoms with Gasteiger partial charge < -0.3 is 11.1 Å². The number of halogens is 2. The smallest absolute Gasteiger partial charge is 0.258 e. The molecule has 1 heterocycles. The van der Waals surface area contributed by atoms with E-state index in [1.165, 1.54) is 6.20 Å². The maximum atomic E-state index is 11.9. The van der Waals surface area contributed by atoms with Crippen molar-refractivity contribution in [2.75, 3.05) is 11.1 Å². The van der Waals surface area contributed by atoms with Crippen LogP contribution in [-0.2, 0) is 0 Å². The minimum Gasteiger partial charge on any atom is -0.397 e. The number of carbonyl (C=O) groups excluding carboxylic acids is 1. The summed E-state index contributed by atoms with van der Waals surface area (Å²) in [5, 5.41) is 3.44. The van der Waals surface area contributed by atoms with E-state index in [4.69, 9.17) is 28.9 Å². The molecule has 18 heavy (non-hydrogen) atoms. The molecule has 0 spiro atoms. The summed E-state index contributed by atoms with van der Waals surface area (Å²) in [6, 6.07) is 8.09. The molecule has 0 unspecified atom stereocenters. The van der Waals surface area contributed by atoms with Gasteiger partial charge in [-0.3, -0.25) is 4.79 Å². The van der Waals surface area contributed by atoms with Crippen molar-refractivity contribution in [3.63, 3.8) is 0 Å². The molecular weight excluding hydrogens is 273 g/mol. The first-order valence-electron chi connectivity index (χ1n) is 5.05. The zero-order chi connectivity index (χ0) is 13.1. The van der Waals surface area contributed by atoms with Gasteiger partial charge in [-0.2, -0.15) is 0 Å². The number of rotatable bonds is 2. The van der Waals surface area contributed by atoms with Gasteiger partial charge >= 0.3 is 0 Å². The number of nitrogens with one attached hydrogen (secondary N) is 1. The van der Waals surface area contributed by atoms with Gasteiger partial charge in [0.2, 0.25) is 0 Å². The molecular formula is C12H9Cl2N3O. The van der Waals surface area contributed by atoms with E-state index >= 15 is 0 Å². The van der Waals surface area contributed by atoms with Crippen LogP contribution in [0, 0.1) is 0 Å². The van der Waals surface area contributed by atoms with Gasteiger partial charge in [0.25, 0.3) is 5.91 Å². The standard InChI is InChI=1S/C12H9Cl2N3O/c13-7-4-5-10(16-6-7)17-12(18)8-2-1-3-9(14)11(8)15/h1-6H,15H2,(H,16,17,18). The number of nitrogens with zero attached hydrogens (tertiary/aromatic N) is 1. The van der Waals surface area contributed by atoms with Crippen molar-refractivity contribution in [3.05, 3.63) is 52.1 Å². The molecule has 92 valence electrons. The first-order chi connectivity index (χ1) is 8.58. The lowest BCUT2D eigenvalue weighted by Crippen LogP contribution is -2.14. The predicted octanol–water partition coefficient (Wildman–Crippen LogP) is 3.22. The Hall–Kier alpha value is -1.78. The van der Waals surface area contributed by atoms with Crippen molar-refractivity contribution in [2.45, 2.75) is 0 Å². The third-order valence-electron chi connectivity index (χ3n) is 2.27. The minimum absolute atomic E-state index is 0.241. The van der Waals surface area contributed by atoms with Crippen LogP contribution in [0.15, 0.2) is 36.5 Å². The molecule has 2 rings (SSSR count). The van der Waals surface area contributed by atoms with Crippen LogP contribution < -0.4 is 11.1 Å². The number of nitrogens with two attached hydrogens (primary N) is 1. The second-order valence-corrected chi connectivity index (χ2v) is 4.36. The molecule has 0 fully saturated rings. The summed E-state index contributed by atoms with van der Waals surface area (Å²) in [5.74, 6) is 0.0218. The van der Waals surface area contributed by atoms with Crippen LogP contribution in [-0.4, -0.2) is 10.9 Å². The van der Waals surface area contributed by atoms with E-state index in [1.807, 2.05) is 0 Å². The van der Waals surface area contributed by atoms with E-state index in [2.05, 4.69) is 10.3 Å². The number of pyridine rings is 1. The number of carbonyl (C=O) groups is 1. The monoisotopic (exact) mass is 281 g/mol. The first-order valence-corrected chi connectivity index (χ1v) is 5.80. The van der Waals surface area contributed by atoms with Gasteiger partial charge in [0.1, 0.15) is 5.82 Å². The maximum absolute atomic E-state index is 11.9. The lowest BCUT2D eigenvalue weighted by Gasteiger charge is -2.07. The Morgan fingerprint density at radius 1 is 1.22 bits per heavy atom. The fourth-order valence-corrected chi connectivity index (χ4v) is 1.65. The molecule has 2 aromatic rings. The van der Waals surface area contributed by atoms with Crippen LogP contribution in [0.25, 0.3) is 0 Å². The summed E-state index contributed by atoms with van der Waals surface area (Å²) in [6.45, 7) is 0. The van der Waals surface area contributed by atoms with Gasteiger partial charge in [0, 0.05) is 6.20 Å². The number of amides is 1. The fraction of sp³-hybridized carbons (Fsp3) is 0. The molecule has 0 bridgehead atoms. The molecule has 0 aliphatic rings. The van der Waals surface area contributed by atoms with Crippen molar-refractivity contribution in [2.24, 2.45) is 0 Å². The minimum atomic E-state index is -0.371. The van der Waals surface area contributed by atoms with Crippen LogP contribution >= 0.6 is 23.2 Å². The van der Waals surface area contributed by atoms with Gasteiger partial charge in [0.15, 0.2) is 0 Å². The molecule has 6 heteroatoms. The molecule has 4 nitrogen and oxygen atoms in total. The summed E-state index contributed by atoms with van der Waals surface area (Å²) in [5.41, 5.74) is 6.27. The van der Waals surface area contributed by atoms with Crippen LogP contribution in [0.2, 0.25) is 10.0 Å². The quantitative estimate of drug-likeness (QED) is 0.831. The second-order valence-electron chi connectivity index (χ2n) is 3.52. The summed E-state index contributed by atoms with van der Waals surface area (Å²) in [6.07, 6.45) is 1.44. The largest absolute Gasteiger partial charge is 0.397 e. The highest BCUT2D eigenvalue weighted by molar-refractivity contribution is 6.34. The number of benzene rings is 1. The summed E-state index contributed by atoms with van der Waals surface area (Å²) in [7, 11) is 0. The number of anilines is 2. The van der Waals surface area contributed by atoms with Crippen molar-refractivity contribution < 1.29 is 4.79 Å². The van der Waals surface area contributed by atoms with E-state index in [0.717, 1.165) is 0 Å². The van der Waals surface area contributed by atoms with E-state index in [-0.39, 0.29) is 11.6 Å². The average Bonchev–Trinajstić information content (AvgIpc) is 2.35. The predicted molar refractivity (Wildman–Crippen MR) is 73.1 cm³/mol. The van der Waals surface area contributed by atoms with Crippen LogP contribution in [0.1, 0.15) is 10.4 Å².